The number of carbonyl (C=O) groups excluding carboxylic acids is 1. The van der Waals surface area contributed by atoms with Gasteiger partial charge in [-0.1, -0.05) is 13.8 Å². The first kappa shape index (κ1) is 13.5. The molecule has 2 aromatic rings. The van der Waals surface area contributed by atoms with E-state index in [0.717, 1.165) is 24.1 Å². The number of amides is 1. The first-order valence-corrected chi connectivity index (χ1v) is 7.20. The Hall–Kier alpha value is -2.43. The number of carbonyl (C=O) groups is 1. The van der Waals surface area contributed by atoms with Crippen molar-refractivity contribution >= 4 is 23.4 Å². The van der Waals surface area contributed by atoms with E-state index < -0.39 is 0 Å². The van der Waals surface area contributed by atoms with Crippen molar-refractivity contribution < 1.29 is 4.79 Å². The van der Waals surface area contributed by atoms with Crippen molar-refractivity contribution in [1.82, 2.24) is 15.0 Å². The van der Waals surface area contributed by atoms with Crippen LogP contribution in [0, 0.1) is 6.92 Å². The topological polar surface area (TPSA) is 70.7 Å². The Balaban J connectivity index is 2.08. The van der Waals surface area contributed by atoms with Gasteiger partial charge in [0.15, 0.2) is 0 Å². The maximum atomic E-state index is 12.2. The van der Waals surface area contributed by atoms with E-state index >= 15 is 0 Å². The van der Waals surface area contributed by atoms with Gasteiger partial charge < -0.3 is 10.3 Å². The fourth-order valence-corrected chi connectivity index (χ4v) is 2.54. The molecule has 1 aliphatic rings. The molecule has 108 valence electrons. The standard InChI is InChI=1S/C16H18N4O/c1-4-10-6-11(5-2)19-14(10)7-12-13-8-17-9(3)18-15(13)20-16(12)21/h6-8,19H,4-5H2,1-3H3,(H,17,18,20,21). The lowest BCUT2D eigenvalue weighted by Crippen LogP contribution is -2.04. The summed E-state index contributed by atoms with van der Waals surface area (Å²) in [6.45, 7) is 6.03. The van der Waals surface area contributed by atoms with E-state index in [4.69, 9.17) is 0 Å². The summed E-state index contributed by atoms with van der Waals surface area (Å²) < 4.78 is 0. The second-order valence-electron chi connectivity index (χ2n) is 5.13. The smallest absolute Gasteiger partial charge is 0.257 e. The SMILES string of the molecule is CCc1cc(CC)c(C=C2C(=O)Nc3nc(C)ncc32)[nH]1. The number of hydrogen-bond acceptors (Lipinski definition) is 3. The van der Waals surface area contributed by atoms with Crippen LogP contribution in [0.5, 0.6) is 0 Å². The minimum absolute atomic E-state index is 0.125. The lowest BCUT2D eigenvalue weighted by molar-refractivity contribution is -0.110. The maximum absolute atomic E-state index is 12.2. The van der Waals surface area contributed by atoms with Gasteiger partial charge in [0.1, 0.15) is 11.6 Å². The summed E-state index contributed by atoms with van der Waals surface area (Å²) in [5, 5.41) is 2.79. The number of nitrogens with zero attached hydrogens (tertiary/aromatic N) is 2. The Labute approximate surface area is 123 Å². The van der Waals surface area contributed by atoms with Crippen LogP contribution in [0.15, 0.2) is 12.3 Å². The third-order valence-electron chi connectivity index (χ3n) is 3.72. The van der Waals surface area contributed by atoms with Crippen LogP contribution in [-0.2, 0) is 17.6 Å². The Morgan fingerprint density at radius 2 is 2.10 bits per heavy atom. The number of hydrogen-bond donors (Lipinski definition) is 2. The fourth-order valence-electron chi connectivity index (χ4n) is 2.54. The third-order valence-corrected chi connectivity index (χ3v) is 3.72. The number of nitrogens with one attached hydrogen (secondary N) is 2. The van der Waals surface area contributed by atoms with Crippen molar-refractivity contribution in [1.29, 1.82) is 0 Å². The average molecular weight is 282 g/mol. The number of rotatable bonds is 3. The predicted octanol–water partition coefficient (Wildman–Crippen LogP) is 2.73. The van der Waals surface area contributed by atoms with Crippen LogP contribution >= 0.6 is 0 Å². The van der Waals surface area contributed by atoms with Gasteiger partial charge in [0.2, 0.25) is 0 Å². The summed E-state index contributed by atoms with van der Waals surface area (Å²) in [7, 11) is 0. The molecule has 1 amide bonds. The Morgan fingerprint density at radius 3 is 2.81 bits per heavy atom. The number of aromatic amines is 1. The molecule has 0 unspecified atom stereocenters. The number of anilines is 1. The second kappa shape index (κ2) is 5.16. The van der Waals surface area contributed by atoms with Gasteiger partial charge in [-0.3, -0.25) is 4.79 Å². The number of H-pyrrole nitrogens is 1. The maximum Gasteiger partial charge on any atom is 0.257 e. The first-order chi connectivity index (χ1) is 10.1. The average Bonchev–Trinajstić information content (AvgIpc) is 3.00. The summed E-state index contributed by atoms with van der Waals surface area (Å²) in [4.78, 5) is 24.0. The van der Waals surface area contributed by atoms with Gasteiger partial charge in [0.05, 0.1) is 5.57 Å². The third kappa shape index (κ3) is 2.35. The van der Waals surface area contributed by atoms with Gasteiger partial charge >= 0.3 is 0 Å². The van der Waals surface area contributed by atoms with Gasteiger partial charge in [-0.25, -0.2) is 9.97 Å². The molecule has 2 aromatic heterocycles. The molecule has 5 heteroatoms. The normalized spacial score (nSPS) is 15.4. The van der Waals surface area contributed by atoms with Crippen molar-refractivity contribution in [3.8, 4) is 0 Å². The van der Waals surface area contributed by atoms with Crippen molar-refractivity contribution in [3.63, 3.8) is 0 Å². The van der Waals surface area contributed by atoms with Crippen LogP contribution in [0.3, 0.4) is 0 Å². The zero-order chi connectivity index (χ0) is 15.0. The molecule has 0 radical (unpaired) electrons. The van der Waals surface area contributed by atoms with Gasteiger partial charge in [-0.05, 0) is 37.5 Å². The molecule has 0 fully saturated rings. The summed E-state index contributed by atoms with van der Waals surface area (Å²) in [6, 6.07) is 2.16. The summed E-state index contributed by atoms with van der Waals surface area (Å²) in [6.07, 6.45) is 5.48. The van der Waals surface area contributed by atoms with E-state index in [1.165, 1.54) is 11.3 Å². The number of aryl methyl sites for hydroxylation is 3. The molecule has 21 heavy (non-hydrogen) atoms. The lowest BCUT2D eigenvalue weighted by atomic mass is 10.1. The Bertz CT molecular complexity index is 743. The zero-order valence-electron chi connectivity index (χ0n) is 12.4. The molecule has 0 atom stereocenters. The summed E-state index contributed by atoms with van der Waals surface area (Å²) in [5.74, 6) is 1.12. The van der Waals surface area contributed by atoms with Gasteiger partial charge in [0.25, 0.3) is 5.91 Å². The van der Waals surface area contributed by atoms with Crippen molar-refractivity contribution in [2.45, 2.75) is 33.6 Å². The van der Waals surface area contributed by atoms with Crippen LogP contribution in [0.4, 0.5) is 5.82 Å². The highest BCUT2D eigenvalue weighted by Crippen LogP contribution is 2.31. The van der Waals surface area contributed by atoms with E-state index in [1.807, 2.05) is 13.0 Å². The van der Waals surface area contributed by atoms with Crippen molar-refractivity contribution in [2.24, 2.45) is 0 Å². The van der Waals surface area contributed by atoms with Crippen LogP contribution in [0.25, 0.3) is 11.6 Å². The van der Waals surface area contributed by atoms with Gasteiger partial charge in [-0.15, -0.1) is 0 Å². The number of fused-ring (bicyclic) bond motifs is 1. The van der Waals surface area contributed by atoms with E-state index in [9.17, 15) is 4.79 Å². The van der Waals surface area contributed by atoms with E-state index in [2.05, 4.69) is 40.2 Å². The molecule has 3 heterocycles. The molecule has 0 saturated heterocycles. The van der Waals surface area contributed by atoms with E-state index in [1.54, 1.807) is 6.20 Å². The Morgan fingerprint density at radius 1 is 1.29 bits per heavy atom. The molecule has 0 saturated carbocycles. The molecule has 0 bridgehead atoms. The van der Waals surface area contributed by atoms with E-state index in [-0.39, 0.29) is 5.91 Å². The van der Waals surface area contributed by atoms with E-state index in [0.29, 0.717) is 17.2 Å². The van der Waals surface area contributed by atoms with Crippen LogP contribution in [0.1, 0.15) is 42.2 Å². The zero-order valence-corrected chi connectivity index (χ0v) is 12.4. The van der Waals surface area contributed by atoms with Gasteiger partial charge in [0, 0.05) is 23.1 Å². The van der Waals surface area contributed by atoms with Gasteiger partial charge in [-0.2, -0.15) is 0 Å². The molecule has 0 aliphatic carbocycles. The first-order valence-electron chi connectivity index (χ1n) is 7.20. The molecule has 0 spiro atoms. The van der Waals surface area contributed by atoms with Crippen molar-refractivity contribution in [2.75, 3.05) is 5.32 Å². The highest BCUT2D eigenvalue weighted by atomic mass is 16.2. The monoisotopic (exact) mass is 282 g/mol. The highest BCUT2D eigenvalue weighted by Gasteiger charge is 2.26. The Kier molecular flexibility index (Phi) is 3.33. The number of aromatic nitrogens is 3. The lowest BCUT2D eigenvalue weighted by Gasteiger charge is -1.99. The summed E-state index contributed by atoms with van der Waals surface area (Å²) in [5.41, 5.74) is 4.77. The molecule has 3 rings (SSSR count). The van der Waals surface area contributed by atoms with Crippen molar-refractivity contribution in [3.05, 3.63) is 40.6 Å². The predicted molar refractivity (Wildman–Crippen MR) is 82.8 cm³/mol. The molecule has 2 N–H and O–H groups in total. The molecule has 1 aliphatic heterocycles. The quantitative estimate of drug-likeness (QED) is 0.850. The van der Waals surface area contributed by atoms with Crippen LogP contribution < -0.4 is 5.32 Å². The van der Waals surface area contributed by atoms with Crippen LogP contribution in [0.2, 0.25) is 0 Å². The fraction of sp³-hybridized carbons (Fsp3) is 0.312. The largest absolute Gasteiger partial charge is 0.359 e. The summed E-state index contributed by atoms with van der Waals surface area (Å²) >= 11 is 0. The second-order valence-corrected chi connectivity index (χ2v) is 5.13. The highest BCUT2D eigenvalue weighted by molar-refractivity contribution is 6.34. The molecule has 0 aromatic carbocycles. The van der Waals surface area contributed by atoms with Crippen LogP contribution in [-0.4, -0.2) is 20.9 Å². The molecular formula is C16H18N4O. The minimum Gasteiger partial charge on any atom is -0.359 e. The molecule has 5 nitrogen and oxygen atoms in total. The molecular weight excluding hydrogens is 264 g/mol. The minimum atomic E-state index is -0.125.